The zero-order chi connectivity index (χ0) is 18.4. The lowest BCUT2D eigenvalue weighted by Crippen LogP contribution is -2.43. The topological polar surface area (TPSA) is 81.7 Å². The number of benzene rings is 1. The fourth-order valence-electron chi connectivity index (χ4n) is 1.70. The van der Waals surface area contributed by atoms with Crippen LogP contribution >= 0.6 is 0 Å². The highest BCUT2D eigenvalue weighted by Crippen LogP contribution is 2.19. The van der Waals surface area contributed by atoms with Gasteiger partial charge < -0.3 is 14.8 Å². The Morgan fingerprint density at radius 1 is 1.00 bits per heavy atom. The summed E-state index contributed by atoms with van der Waals surface area (Å²) in [7, 11) is 0. The van der Waals surface area contributed by atoms with Crippen molar-refractivity contribution in [1.29, 1.82) is 0 Å². The van der Waals surface area contributed by atoms with Crippen LogP contribution in [0.1, 0.15) is 40.2 Å². The summed E-state index contributed by atoms with van der Waals surface area (Å²) in [5.41, 5.74) is -1.18. The van der Waals surface area contributed by atoms with Crippen LogP contribution in [0.25, 0.3) is 0 Å². The van der Waals surface area contributed by atoms with Crippen LogP contribution in [0.5, 0.6) is 0 Å². The number of alkyl carbamates (subject to hydrolysis) is 1. The molecular weight excluding hydrogens is 310 g/mol. The molecule has 0 radical (unpaired) electrons. The molecule has 0 bridgehead atoms. The molecule has 6 heteroatoms. The smallest absolute Gasteiger partial charge is 0.408 e. The zero-order valence-electron chi connectivity index (χ0n) is 14.8. The van der Waals surface area contributed by atoms with E-state index in [9.17, 15) is 14.4 Å². The minimum atomic E-state index is -1.36. The van der Waals surface area contributed by atoms with E-state index in [2.05, 4.69) is 5.32 Å². The summed E-state index contributed by atoms with van der Waals surface area (Å²) in [6.45, 7) is 7.90. The van der Waals surface area contributed by atoms with Crippen molar-refractivity contribution in [3.63, 3.8) is 0 Å². The van der Waals surface area contributed by atoms with Crippen molar-refractivity contribution >= 4 is 17.8 Å². The molecule has 0 saturated carbocycles. The Hall–Kier alpha value is -2.37. The third-order valence-corrected chi connectivity index (χ3v) is 3.21. The standard InChI is InChI=1S/C18H25NO5/c1-17(2,3)24-16(22)19-11-14(20)18(4,5)15(21)23-12-13-9-7-6-8-10-13/h6-10H,11-12H2,1-5H3,(H,19,22). The molecule has 0 aliphatic rings. The van der Waals surface area contributed by atoms with E-state index < -0.39 is 28.9 Å². The van der Waals surface area contributed by atoms with Crippen LogP contribution in [0.3, 0.4) is 0 Å². The molecule has 6 nitrogen and oxygen atoms in total. The molecule has 1 aromatic rings. The van der Waals surface area contributed by atoms with E-state index >= 15 is 0 Å². The quantitative estimate of drug-likeness (QED) is 0.638. The lowest BCUT2D eigenvalue weighted by atomic mass is 9.88. The average Bonchev–Trinajstić information content (AvgIpc) is 2.49. The Bertz CT molecular complexity index is 587. The molecule has 0 aromatic heterocycles. The summed E-state index contributed by atoms with van der Waals surface area (Å²) in [4.78, 5) is 36.0. The normalized spacial score (nSPS) is 11.5. The summed E-state index contributed by atoms with van der Waals surface area (Å²) in [6.07, 6.45) is -0.704. The average molecular weight is 335 g/mol. The second-order valence-corrected chi connectivity index (χ2v) is 6.97. The van der Waals surface area contributed by atoms with Crippen molar-refractivity contribution in [1.82, 2.24) is 5.32 Å². The largest absolute Gasteiger partial charge is 0.460 e. The SMILES string of the molecule is CC(C)(C)OC(=O)NCC(=O)C(C)(C)C(=O)OCc1ccccc1. The number of carbonyl (C=O) groups is 3. The lowest BCUT2D eigenvalue weighted by Gasteiger charge is -2.23. The Morgan fingerprint density at radius 3 is 2.12 bits per heavy atom. The number of hydrogen-bond donors (Lipinski definition) is 1. The second-order valence-electron chi connectivity index (χ2n) is 6.97. The monoisotopic (exact) mass is 335 g/mol. The predicted octanol–water partition coefficient (Wildman–Crippen LogP) is 2.85. The number of hydrogen-bond acceptors (Lipinski definition) is 5. The summed E-state index contributed by atoms with van der Waals surface area (Å²) < 4.78 is 10.2. The number of Topliss-reactive ketones (excluding diaryl/α,β-unsaturated/α-hetero) is 1. The van der Waals surface area contributed by atoms with Crippen LogP contribution in [-0.4, -0.2) is 30.0 Å². The first kappa shape index (κ1) is 19.7. The summed E-state index contributed by atoms with van der Waals surface area (Å²) >= 11 is 0. The predicted molar refractivity (Wildman–Crippen MR) is 89.3 cm³/mol. The van der Waals surface area contributed by atoms with Crippen molar-refractivity contribution in [2.75, 3.05) is 6.54 Å². The molecule has 0 heterocycles. The van der Waals surface area contributed by atoms with E-state index in [1.165, 1.54) is 13.8 Å². The fourth-order valence-corrected chi connectivity index (χ4v) is 1.70. The summed E-state index contributed by atoms with van der Waals surface area (Å²) in [6, 6.07) is 9.19. The van der Waals surface area contributed by atoms with Gasteiger partial charge in [-0.15, -0.1) is 0 Å². The number of rotatable bonds is 6. The van der Waals surface area contributed by atoms with Gasteiger partial charge in [0.15, 0.2) is 5.78 Å². The van der Waals surface area contributed by atoms with Crippen molar-refractivity contribution in [3.05, 3.63) is 35.9 Å². The van der Waals surface area contributed by atoms with Gasteiger partial charge in [-0.3, -0.25) is 9.59 Å². The van der Waals surface area contributed by atoms with E-state index in [0.717, 1.165) is 5.56 Å². The Labute approximate surface area is 142 Å². The molecule has 132 valence electrons. The first-order chi connectivity index (χ1) is 11.0. The maximum atomic E-state index is 12.2. The highest BCUT2D eigenvalue weighted by Gasteiger charge is 2.37. The van der Waals surface area contributed by atoms with Crippen LogP contribution in [0, 0.1) is 5.41 Å². The summed E-state index contributed by atoms with van der Waals surface area (Å²) in [5, 5.41) is 2.36. The van der Waals surface area contributed by atoms with E-state index in [4.69, 9.17) is 9.47 Å². The molecule has 0 atom stereocenters. The van der Waals surface area contributed by atoms with Gasteiger partial charge in [0.05, 0.1) is 6.54 Å². The van der Waals surface area contributed by atoms with Gasteiger partial charge in [0.2, 0.25) is 0 Å². The van der Waals surface area contributed by atoms with Gasteiger partial charge in [-0.2, -0.15) is 0 Å². The fraction of sp³-hybridized carbons (Fsp3) is 0.500. The molecule has 1 aromatic carbocycles. The van der Waals surface area contributed by atoms with Crippen LogP contribution < -0.4 is 5.32 Å². The first-order valence-electron chi connectivity index (χ1n) is 7.73. The maximum absolute atomic E-state index is 12.2. The number of ether oxygens (including phenoxy) is 2. The molecule has 1 N–H and O–H groups in total. The first-order valence-corrected chi connectivity index (χ1v) is 7.73. The van der Waals surface area contributed by atoms with Gasteiger partial charge in [0, 0.05) is 0 Å². The molecule has 1 amide bonds. The number of carbonyl (C=O) groups excluding carboxylic acids is 3. The van der Waals surface area contributed by atoms with Gasteiger partial charge >= 0.3 is 12.1 Å². The highest BCUT2D eigenvalue weighted by molar-refractivity contribution is 6.04. The minimum Gasteiger partial charge on any atom is -0.460 e. The Balaban J connectivity index is 2.51. The third kappa shape index (κ3) is 6.40. The molecule has 0 aliphatic heterocycles. The molecular formula is C18H25NO5. The van der Waals surface area contributed by atoms with Crippen LogP contribution in [0.4, 0.5) is 4.79 Å². The molecule has 0 unspecified atom stereocenters. The number of ketones is 1. The molecule has 0 aliphatic carbocycles. The van der Waals surface area contributed by atoms with Crippen molar-refractivity contribution in [2.24, 2.45) is 5.41 Å². The van der Waals surface area contributed by atoms with Gasteiger partial charge in [-0.25, -0.2) is 4.79 Å². The van der Waals surface area contributed by atoms with Gasteiger partial charge in [-0.1, -0.05) is 30.3 Å². The third-order valence-electron chi connectivity index (χ3n) is 3.21. The minimum absolute atomic E-state index is 0.0931. The molecule has 0 spiro atoms. The molecule has 0 fully saturated rings. The number of esters is 1. The maximum Gasteiger partial charge on any atom is 0.408 e. The van der Waals surface area contributed by atoms with Gasteiger partial charge in [0.1, 0.15) is 17.6 Å². The molecule has 0 saturated heterocycles. The zero-order valence-corrected chi connectivity index (χ0v) is 14.8. The van der Waals surface area contributed by atoms with Crippen molar-refractivity contribution in [3.8, 4) is 0 Å². The number of amides is 1. The summed E-state index contributed by atoms with van der Waals surface area (Å²) in [5.74, 6) is -1.09. The van der Waals surface area contributed by atoms with E-state index in [1.54, 1.807) is 20.8 Å². The molecule has 1 rings (SSSR count). The van der Waals surface area contributed by atoms with Crippen LogP contribution in [0.2, 0.25) is 0 Å². The Morgan fingerprint density at radius 2 is 1.58 bits per heavy atom. The van der Waals surface area contributed by atoms with Crippen molar-refractivity contribution < 1.29 is 23.9 Å². The Kier molecular flexibility index (Phi) is 6.51. The molecule has 24 heavy (non-hydrogen) atoms. The van der Waals surface area contributed by atoms with E-state index in [0.29, 0.717) is 0 Å². The van der Waals surface area contributed by atoms with E-state index in [-0.39, 0.29) is 13.2 Å². The van der Waals surface area contributed by atoms with Gasteiger partial charge in [0.25, 0.3) is 0 Å². The second kappa shape index (κ2) is 7.95. The van der Waals surface area contributed by atoms with Crippen LogP contribution in [-0.2, 0) is 25.7 Å². The lowest BCUT2D eigenvalue weighted by molar-refractivity contribution is -0.159. The highest BCUT2D eigenvalue weighted by atomic mass is 16.6. The van der Waals surface area contributed by atoms with E-state index in [1.807, 2.05) is 30.3 Å². The van der Waals surface area contributed by atoms with Crippen LogP contribution in [0.15, 0.2) is 30.3 Å². The van der Waals surface area contributed by atoms with Crippen molar-refractivity contribution in [2.45, 2.75) is 46.8 Å². The van der Waals surface area contributed by atoms with Gasteiger partial charge in [-0.05, 0) is 40.2 Å². The number of nitrogens with one attached hydrogen (secondary N) is 1.